The second-order valence-electron chi connectivity index (χ2n) is 4.51. The van der Waals surface area contributed by atoms with Gasteiger partial charge in [-0.15, -0.1) is 12.4 Å². The molecule has 0 aromatic heterocycles. The van der Waals surface area contributed by atoms with Gasteiger partial charge in [0.05, 0.1) is 17.5 Å². The predicted molar refractivity (Wildman–Crippen MR) is 85.6 cm³/mol. The van der Waals surface area contributed by atoms with Crippen LogP contribution in [0.25, 0.3) is 0 Å². The maximum Gasteiger partial charge on any atom is 0.226 e. The minimum absolute atomic E-state index is 0. The van der Waals surface area contributed by atoms with Crippen molar-refractivity contribution in [2.75, 3.05) is 32.8 Å². The number of amides is 1. The summed E-state index contributed by atoms with van der Waals surface area (Å²) in [7, 11) is 0. The fourth-order valence-electron chi connectivity index (χ4n) is 2.06. The molecule has 1 heterocycles. The molecule has 1 aromatic carbocycles. The minimum Gasteiger partial charge on any atom is -0.492 e. The van der Waals surface area contributed by atoms with Gasteiger partial charge < -0.3 is 15.0 Å². The van der Waals surface area contributed by atoms with Crippen molar-refractivity contribution >= 4 is 34.2 Å². The zero-order chi connectivity index (χ0) is 13.5. The van der Waals surface area contributed by atoms with Gasteiger partial charge in [-0.05, 0) is 41.0 Å². The van der Waals surface area contributed by atoms with Gasteiger partial charge in [0.25, 0.3) is 0 Å². The SMILES string of the molecule is Cl.O=C(CCOc1ccccc1Br)N1CCCNCC1. The molecule has 0 spiro atoms. The number of ether oxygens (including phenoxy) is 1. The molecule has 1 amide bonds. The number of benzene rings is 1. The molecule has 6 heteroatoms. The highest BCUT2D eigenvalue weighted by atomic mass is 79.9. The van der Waals surface area contributed by atoms with Crippen LogP contribution in [0.2, 0.25) is 0 Å². The lowest BCUT2D eigenvalue weighted by Crippen LogP contribution is -2.34. The molecule has 1 saturated heterocycles. The normalized spacial score (nSPS) is 15.2. The number of carbonyl (C=O) groups is 1. The molecule has 1 fully saturated rings. The maximum atomic E-state index is 12.0. The van der Waals surface area contributed by atoms with Gasteiger partial charge in [0.15, 0.2) is 0 Å². The number of hydrogen-bond acceptors (Lipinski definition) is 3. The van der Waals surface area contributed by atoms with Crippen molar-refractivity contribution in [2.24, 2.45) is 0 Å². The van der Waals surface area contributed by atoms with E-state index < -0.39 is 0 Å². The highest BCUT2D eigenvalue weighted by Crippen LogP contribution is 2.23. The molecule has 112 valence electrons. The van der Waals surface area contributed by atoms with Crippen molar-refractivity contribution in [3.05, 3.63) is 28.7 Å². The first-order valence-corrected chi connectivity index (χ1v) is 7.42. The maximum absolute atomic E-state index is 12.0. The largest absolute Gasteiger partial charge is 0.492 e. The van der Waals surface area contributed by atoms with Crippen LogP contribution in [0, 0.1) is 0 Å². The lowest BCUT2D eigenvalue weighted by atomic mass is 10.3. The van der Waals surface area contributed by atoms with Gasteiger partial charge in [0.2, 0.25) is 5.91 Å². The van der Waals surface area contributed by atoms with Crippen LogP contribution < -0.4 is 10.1 Å². The molecule has 0 saturated carbocycles. The summed E-state index contributed by atoms with van der Waals surface area (Å²) in [5, 5.41) is 3.29. The summed E-state index contributed by atoms with van der Waals surface area (Å²) in [6.07, 6.45) is 1.46. The van der Waals surface area contributed by atoms with Crippen molar-refractivity contribution in [1.29, 1.82) is 0 Å². The van der Waals surface area contributed by atoms with Crippen molar-refractivity contribution in [3.63, 3.8) is 0 Å². The molecule has 1 N–H and O–H groups in total. The van der Waals surface area contributed by atoms with Gasteiger partial charge >= 0.3 is 0 Å². The molecule has 1 aromatic rings. The van der Waals surface area contributed by atoms with Crippen LogP contribution in [-0.4, -0.2) is 43.6 Å². The number of hydrogen-bond donors (Lipinski definition) is 1. The van der Waals surface area contributed by atoms with Crippen LogP contribution in [-0.2, 0) is 4.79 Å². The summed E-state index contributed by atoms with van der Waals surface area (Å²) in [5.41, 5.74) is 0. The topological polar surface area (TPSA) is 41.6 Å². The van der Waals surface area contributed by atoms with E-state index in [2.05, 4.69) is 21.2 Å². The number of halogens is 2. The molecule has 0 atom stereocenters. The van der Waals surface area contributed by atoms with Crippen molar-refractivity contribution in [3.8, 4) is 5.75 Å². The van der Waals surface area contributed by atoms with Gasteiger partial charge in [-0.1, -0.05) is 12.1 Å². The molecule has 0 radical (unpaired) electrons. The number of rotatable bonds is 4. The first-order valence-electron chi connectivity index (χ1n) is 6.63. The Morgan fingerprint density at radius 1 is 1.30 bits per heavy atom. The number of carbonyl (C=O) groups excluding carboxylic acids is 1. The fraction of sp³-hybridized carbons (Fsp3) is 0.500. The summed E-state index contributed by atoms with van der Waals surface area (Å²) < 4.78 is 6.54. The van der Waals surface area contributed by atoms with Crippen LogP contribution in [0.5, 0.6) is 5.75 Å². The Kier molecular flexibility index (Phi) is 7.95. The fourth-order valence-corrected chi connectivity index (χ4v) is 2.46. The molecule has 1 aliphatic heterocycles. The van der Waals surface area contributed by atoms with E-state index in [1.807, 2.05) is 29.2 Å². The van der Waals surface area contributed by atoms with E-state index in [0.717, 1.165) is 42.8 Å². The second kappa shape index (κ2) is 9.21. The summed E-state index contributed by atoms with van der Waals surface area (Å²) >= 11 is 3.42. The molecule has 0 aliphatic carbocycles. The predicted octanol–water partition coefficient (Wildman–Crippen LogP) is 2.46. The summed E-state index contributed by atoms with van der Waals surface area (Å²) in [6.45, 7) is 3.95. The smallest absolute Gasteiger partial charge is 0.226 e. The molecule has 0 bridgehead atoms. The van der Waals surface area contributed by atoms with Crippen LogP contribution >= 0.6 is 28.3 Å². The van der Waals surface area contributed by atoms with Crippen LogP contribution in [0.15, 0.2) is 28.7 Å². The molecule has 1 aliphatic rings. The highest BCUT2D eigenvalue weighted by molar-refractivity contribution is 9.10. The van der Waals surface area contributed by atoms with Gasteiger partial charge in [-0.25, -0.2) is 0 Å². The molecule has 2 rings (SSSR count). The number of para-hydroxylation sites is 1. The average Bonchev–Trinajstić information content (AvgIpc) is 2.70. The summed E-state index contributed by atoms with van der Waals surface area (Å²) in [6, 6.07) is 7.68. The van der Waals surface area contributed by atoms with Crippen LogP contribution in [0.1, 0.15) is 12.8 Å². The Bertz CT molecular complexity index is 423. The molecule has 4 nitrogen and oxygen atoms in total. The minimum atomic E-state index is 0. The van der Waals surface area contributed by atoms with Gasteiger partial charge in [-0.2, -0.15) is 0 Å². The van der Waals surface area contributed by atoms with Crippen LogP contribution in [0.3, 0.4) is 0 Å². The Balaban J connectivity index is 0.00000200. The van der Waals surface area contributed by atoms with Gasteiger partial charge in [0, 0.05) is 19.6 Å². The molecule has 20 heavy (non-hydrogen) atoms. The van der Waals surface area contributed by atoms with Crippen molar-refractivity contribution in [2.45, 2.75) is 12.8 Å². The zero-order valence-corrected chi connectivity index (χ0v) is 13.7. The Labute approximate surface area is 134 Å². The van der Waals surface area contributed by atoms with Crippen LogP contribution in [0.4, 0.5) is 0 Å². The second-order valence-corrected chi connectivity index (χ2v) is 5.37. The molecular weight excluding hydrogens is 344 g/mol. The van der Waals surface area contributed by atoms with Gasteiger partial charge in [-0.3, -0.25) is 4.79 Å². The highest BCUT2D eigenvalue weighted by Gasteiger charge is 2.15. The van der Waals surface area contributed by atoms with Gasteiger partial charge in [0.1, 0.15) is 5.75 Å². The lowest BCUT2D eigenvalue weighted by molar-refractivity contribution is -0.131. The monoisotopic (exact) mass is 362 g/mol. The Morgan fingerprint density at radius 2 is 2.10 bits per heavy atom. The zero-order valence-electron chi connectivity index (χ0n) is 11.3. The molecular formula is C14H20BrClN2O2. The Morgan fingerprint density at radius 3 is 2.90 bits per heavy atom. The number of nitrogens with one attached hydrogen (secondary N) is 1. The third-order valence-corrected chi connectivity index (χ3v) is 3.76. The van der Waals surface area contributed by atoms with E-state index in [1.165, 1.54) is 0 Å². The number of nitrogens with zero attached hydrogens (tertiary/aromatic N) is 1. The van der Waals surface area contributed by atoms with Crippen molar-refractivity contribution in [1.82, 2.24) is 10.2 Å². The van der Waals surface area contributed by atoms with Crippen molar-refractivity contribution < 1.29 is 9.53 Å². The van der Waals surface area contributed by atoms with E-state index in [1.54, 1.807) is 0 Å². The standard InChI is InChI=1S/C14H19BrN2O2.ClH/c15-12-4-1-2-5-13(12)19-11-6-14(18)17-9-3-7-16-8-10-17;/h1-2,4-5,16H,3,6-11H2;1H. The van der Waals surface area contributed by atoms with E-state index >= 15 is 0 Å². The molecule has 0 unspecified atom stereocenters. The summed E-state index contributed by atoms with van der Waals surface area (Å²) in [5.74, 6) is 0.962. The Hall–Kier alpha value is -0.780. The first-order chi connectivity index (χ1) is 9.27. The van der Waals surface area contributed by atoms with E-state index in [4.69, 9.17) is 4.74 Å². The first kappa shape index (κ1) is 17.3. The average molecular weight is 364 g/mol. The van der Waals surface area contributed by atoms with E-state index in [-0.39, 0.29) is 18.3 Å². The third kappa shape index (κ3) is 5.31. The van der Waals surface area contributed by atoms with E-state index in [9.17, 15) is 4.79 Å². The summed E-state index contributed by atoms with van der Waals surface area (Å²) in [4.78, 5) is 14.0. The lowest BCUT2D eigenvalue weighted by Gasteiger charge is -2.20. The van der Waals surface area contributed by atoms with E-state index in [0.29, 0.717) is 13.0 Å². The third-order valence-electron chi connectivity index (χ3n) is 3.10. The quantitative estimate of drug-likeness (QED) is 0.893.